The summed E-state index contributed by atoms with van der Waals surface area (Å²) in [4.78, 5) is 28.9. The Hall–Kier alpha value is -2.73. The van der Waals surface area contributed by atoms with E-state index in [-0.39, 0.29) is 11.7 Å². The predicted molar refractivity (Wildman–Crippen MR) is 115 cm³/mol. The zero-order valence-corrected chi connectivity index (χ0v) is 16.8. The average Bonchev–Trinajstić information content (AvgIpc) is 3.57. The van der Waals surface area contributed by atoms with Gasteiger partial charge in [-0.3, -0.25) is 9.78 Å². The van der Waals surface area contributed by atoms with Crippen LogP contribution in [0.1, 0.15) is 36.0 Å². The number of piperidine rings is 1. The summed E-state index contributed by atoms with van der Waals surface area (Å²) in [6, 6.07) is 9.61. The van der Waals surface area contributed by atoms with Crippen LogP contribution in [0, 0.1) is 5.92 Å². The minimum Gasteiger partial charge on any atom is -0.364 e. The molecule has 1 aliphatic heterocycles. The Balaban J connectivity index is 1.36. The number of halogens is 1. The highest BCUT2D eigenvalue weighted by Crippen LogP contribution is 2.33. The fraction of sp³-hybridized carbons (Fsp3) is 0.364. The summed E-state index contributed by atoms with van der Waals surface area (Å²) in [5, 5.41) is 4.12. The second-order valence-electron chi connectivity index (χ2n) is 7.81. The van der Waals surface area contributed by atoms with Gasteiger partial charge in [-0.2, -0.15) is 0 Å². The minimum atomic E-state index is 0.0136. The number of Topliss-reactive ketones (excluding diaryl/α,β-unsaturated/α-hetero) is 1. The molecule has 0 radical (unpaired) electrons. The van der Waals surface area contributed by atoms with Crippen LogP contribution >= 0.6 is 11.6 Å². The average molecular weight is 408 g/mol. The quantitative estimate of drug-likeness (QED) is 0.634. The molecule has 0 bridgehead atoms. The number of fused-ring (bicyclic) bond motifs is 1. The number of benzene rings is 1. The highest BCUT2D eigenvalue weighted by atomic mass is 35.5. The first-order chi connectivity index (χ1) is 14.2. The molecule has 5 rings (SSSR count). The van der Waals surface area contributed by atoms with E-state index in [1.807, 2.05) is 18.2 Å². The van der Waals surface area contributed by atoms with E-state index in [4.69, 9.17) is 21.6 Å². The number of carbonyl (C=O) groups is 1. The summed E-state index contributed by atoms with van der Waals surface area (Å²) in [5.41, 5.74) is 2.34. The van der Waals surface area contributed by atoms with Gasteiger partial charge in [-0.1, -0.05) is 23.7 Å². The fourth-order valence-electron chi connectivity index (χ4n) is 3.87. The zero-order chi connectivity index (χ0) is 19.8. The number of ketones is 1. The van der Waals surface area contributed by atoms with E-state index in [1.54, 1.807) is 24.5 Å². The summed E-state index contributed by atoms with van der Waals surface area (Å²) in [6.45, 7) is 1.55. The number of aromatic nitrogens is 3. The van der Waals surface area contributed by atoms with Gasteiger partial charge >= 0.3 is 0 Å². The molecule has 1 saturated carbocycles. The molecule has 29 heavy (non-hydrogen) atoms. The Morgan fingerprint density at radius 2 is 1.90 bits per heavy atom. The Morgan fingerprint density at radius 3 is 2.66 bits per heavy atom. The van der Waals surface area contributed by atoms with Crippen molar-refractivity contribution in [2.45, 2.75) is 31.7 Å². The number of carbonyl (C=O) groups excluding carboxylic acids is 1. The van der Waals surface area contributed by atoms with E-state index >= 15 is 0 Å². The Kier molecular flexibility index (Phi) is 4.79. The molecule has 2 fully saturated rings. The molecule has 0 atom stereocenters. The van der Waals surface area contributed by atoms with Crippen molar-refractivity contribution < 1.29 is 4.79 Å². The van der Waals surface area contributed by atoms with Crippen molar-refractivity contribution in [1.29, 1.82) is 0 Å². The van der Waals surface area contributed by atoms with Crippen molar-refractivity contribution in [3.8, 4) is 0 Å². The molecule has 6 nitrogen and oxygen atoms in total. The van der Waals surface area contributed by atoms with Crippen LogP contribution in [0.25, 0.3) is 11.0 Å². The predicted octanol–water partition coefficient (Wildman–Crippen LogP) is 4.35. The van der Waals surface area contributed by atoms with Crippen molar-refractivity contribution in [3.63, 3.8) is 0 Å². The van der Waals surface area contributed by atoms with Gasteiger partial charge in [0, 0.05) is 41.8 Å². The molecule has 2 aliphatic rings. The first-order valence-electron chi connectivity index (χ1n) is 10.1. The molecular weight excluding hydrogens is 386 g/mol. The molecule has 0 amide bonds. The van der Waals surface area contributed by atoms with Gasteiger partial charge in [0.25, 0.3) is 0 Å². The van der Waals surface area contributed by atoms with Gasteiger partial charge in [-0.25, -0.2) is 9.97 Å². The van der Waals surface area contributed by atoms with E-state index in [9.17, 15) is 4.79 Å². The summed E-state index contributed by atoms with van der Waals surface area (Å²) in [7, 11) is 0. The lowest BCUT2D eigenvalue weighted by atomic mass is 9.89. The van der Waals surface area contributed by atoms with Gasteiger partial charge < -0.3 is 10.2 Å². The fourth-order valence-corrected chi connectivity index (χ4v) is 4.06. The van der Waals surface area contributed by atoms with Crippen molar-refractivity contribution in [3.05, 3.63) is 53.3 Å². The number of nitrogens with one attached hydrogen (secondary N) is 1. The van der Waals surface area contributed by atoms with E-state index in [2.05, 4.69) is 15.2 Å². The smallest absolute Gasteiger partial charge is 0.172 e. The van der Waals surface area contributed by atoms with Crippen LogP contribution in [0.3, 0.4) is 0 Å². The molecule has 1 saturated heterocycles. The Morgan fingerprint density at radius 1 is 1.07 bits per heavy atom. The van der Waals surface area contributed by atoms with Gasteiger partial charge in [0.05, 0.1) is 11.7 Å². The lowest BCUT2D eigenvalue weighted by molar-refractivity contribution is 0.0900. The largest absolute Gasteiger partial charge is 0.364 e. The monoisotopic (exact) mass is 407 g/mol. The molecular formula is C22H22ClN5O. The summed E-state index contributed by atoms with van der Waals surface area (Å²) < 4.78 is 0. The third-order valence-corrected chi connectivity index (χ3v) is 5.88. The lowest BCUT2D eigenvalue weighted by Crippen LogP contribution is -2.37. The second-order valence-corrected chi connectivity index (χ2v) is 8.25. The van der Waals surface area contributed by atoms with Crippen molar-refractivity contribution >= 4 is 40.1 Å². The number of hydrogen-bond acceptors (Lipinski definition) is 6. The van der Waals surface area contributed by atoms with E-state index in [0.717, 1.165) is 48.6 Å². The molecule has 3 aromatic rings. The van der Waals surface area contributed by atoms with Crippen LogP contribution in [0.2, 0.25) is 5.02 Å². The van der Waals surface area contributed by atoms with Gasteiger partial charge in [0.1, 0.15) is 5.52 Å². The number of rotatable bonds is 5. The number of hydrogen-bond donors (Lipinski definition) is 1. The molecule has 1 N–H and O–H groups in total. The van der Waals surface area contributed by atoms with E-state index < -0.39 is 0 Å². The molecule has 148 valence electrons. The van der Waals surface area contributed by atoms with Gasteiger partial charge in [-0.05, 0) is 43.9 Å². The maximum atomic E-state index is 12.9. The Labute approximate surface area is 174 Å². The van der Waals surface area contributed by atoms with Crippen LogP contribution in [0.15, 0.2) is 42.7 Å². The first-order valence-corrected chi connectivity index (χ1v) is 10.5. The number of pyridine rings is 1. The van der Waals surface area contributed by atoms with E-state index in [0.29, 0.717) is 16.6 Å². The van der Waals surface area contributed by atoms with E-state index in [1.165, 1.54) is 12.8 Å². The molecule has 1 aliphatic carbocycles. The molecule has 3 heterocycles. The van der Waals surface area contributed by atoms with Crippen LogP contribution in [-0.2, 0) is 0 Å². The topological polar surface area (TPSA) is 71.0 Å². The number of anilines is 2. The van der Waals surface area contributed by atoms with Crippen LogP contribution in [0.5, 0.6) is 0 Å². The Bertz CT molecular complexity index is 1060. The maximum Gasteiger partial charge on any atom is 0.172 e. The lowest BCUT2D eigenvalue weighted by Gasteiger charge is -2.33. The molecule has 7 heteroatoms. The minimum absolute atomic E-state index is 0.0136. The highest BCUT2D eigenvalue weighted by molar-refractivity contribution is 6.31. The number of nitrogens with zero attached hydrogens (tertiary/aromatic N) is 4. The normalized spacial score (nSPS) is 17.5. The third-order valence-electron chi connectivity index (χ3n) is 5.64. The second kappa shape index (κ2) is 7.59. The van der Waals surface area contributed by atoms with Crippen molar-refractivity contribution in [2.75, 3.05) is 23.3 Å². The summed E-state index contributed by atoms with van der Waals surface area (Å²) >= 11 is 6.06. The van der Waals surface area contributed by atoms with Crippen LogP contribution in [-0.4, -0.2) is 39.9 Å². The highest BCUT2D eigenvalue weighted by Gasteiger charge is 2.30. The zero-order valence-electron chi connectivity index (χ0n) is 16.0. The first kappa shape index (κ1) is 18.3. The summed E-state index contributed by atoms with van der Waals surface area (Å²) in [5.74, 6) is 1.90. The molecule has 0 unspecified atom stereocenters. The van der Waals surface area contributed by atoms with Crippen LogP contribution in [0.4, 0.5) is 11.6 Å². The third kappa shape index (κ3) is 3.90. The summed E-state index contributed by atoms with van der Waals surface area (Å²) in [6.07, 6.45) is 7.42. The standard InChI is InChI=1S/C22H22ClN5O/c23-16-3-1-2-15(12-16)20(29)14-7-10-28(11-8-14)22-21(25-17-4-5-17)26-18-6-9-24-13-19(18)27-22/h1-3,6,9,12-14,17H,4-5,7-8,10-11H2,(H,25,26). The van der Waals surface area contributed by atoms with Gasteiger partial charge in [0.2, 0.25) is 0 Å². The molecule has 0 spiro atoms. The molecule has 2 aromatic heterocycles. The van der Waals surface area contributed by atoms with Crippen LogP contribution < -0.4 is 10.2 Å². The van der Waals surface area contributed by atoms with Crippen molar-refractivity contribution in [1.82, 2.24) is 15.0 Å². The van der Waals surface area contributed by atoms with Gasteiger partial charge in [0.15, 0.2) is 17.4 Å². The SMILES string of the molecule is O=C(c1cccc(Cl)c1)C1CCN(c2nc3cnccc3nc2NC2CC2)CC1. The van der Waals surface area contributed by atoms with Crippen molar-refractivity contribution in [2.24, 2.45) is 5.92 Å². The van der Waals surface area contributed by atoms with Gasteiger partial charge in [-0.15, -0.1) is 0 Å². The maximum absolute atomic E-state index is 12.9. The molecule has 1 aromatic carbocycles.